The number of carbonyl (C=O) groups excluding carboxylic acids is 1. The van der Waals surface area contributed by atoms with Gasteiger partial charge in [0.2, 0.25) is 0 Å². The minimum atomic E-state index is -0.189. The highest BCUT2D eigenvalue weighted by Crippen LogP contribution is 2.42. The smallest absolute Gasteiger partial charge is 0.280 e. The maximum atomic E-state index is 12.3. The van der Waals surface area contributed by atoms with Crippen LogP contribution in [0.2, 0.25) is 0 Å². The van der Waals surface area contributed by atoms with Crippen LogP contribution in [-0.4, -0.2) is 22.1 Å². The largest absolute Gasteiger partial charge is 0.313 e. The molecule has 0 saturated heterocycles. The summed E-state index contributed by atoms with van der Waals surface area (Å²) < 4.78 is 2.74. The van der Waals surface area contributed by atoms with Crippen molar-refractivity contribution in [1.29, 1.82) is 5.26 Å². The van der Waals surface area contributed by atoms with Crippen LogP contribution in [0.25, 0.3) is 0 Å². The van der Waals surface area contributed by atoms with E-state index >= 15 is 0 Å². The lowest BCUT2D eigenvalue weighted by atomic mass is 10.2. The Balaban J connectivity index is 1.68. The second kappa shape index (κ2) is 8.53. The van der Waals surface area contributed by atoms with Crippen molar-refractivity contribution >= 4 is 51.3 Å². The molecule has 3 aromatic rings. The monoisotopic (exact) mass is 441 g/mol. The molecular weight excluding hydrogens is 422 g/mol. The Bertz CT molecular complexity index is 1060. The number of nitrogens with one attached hydrogen (secondary N) is 1. The lowest BCUT2D eigenvalue weighted by Crippen LogP contribution is -2.18. The Labute approximate surface area is 181 Å². The number of aryl methyl sites for hydroxylation is 1. The van der Waals surface area contributed by atoms with E-state index in [9.17, 15) is 4.79 Å². The van der Waals surface area contributed by atoms with Crippen LogP contribution in [0.3, 0.4) is 0 Å². The van der Waals surface area contributed by atoms with E-state index < -0.39 is 0 Å². The predicted octanol–water partition coefficient (Wildman–Crippen LogP) is 5.00. The second-order valence-electron chi connectivity index (χ2n) is 6.72. The van der Waals surface area contributed by atoms with Crippen LogP contribution in [0.5, 0.6) is 0 Å². The summed E-state index contributed by atoms with van der Waals surface area (Å²) in [6.07, 6.45) is 6.21. The Morgan fingerprint density at radius 3 is 2.76 bits per heavy atom. The van der Waals surface area contributed by atoms with E-state index in [0.29, 0.717) is 23.7 Å². The summed E-state index contributed by atoms with van der Waals surface area (Å²) in [4.78, 5) is 25.6. The molecule has 1 aliphatic carbocycles. The molecule has 29 heavy (non-hydrogen) atoms. The lowest BCUT2D eigenvalue weighted by molar-refractivity contribution is 0.0980. The Morgan fingerprint density at radius 1 is 1.34 bits per heavy atom. The van der Waals surface area contributed by atoms with Crippen molar-refractivity contribution in [2.45, 2.75) is 32.2 Å². The van der Waals surface area contributed by atoms with Gasteiger partial charge in [-0.25, -0.2) is 9.97 Å². The fraction of sp³-hybridized carbons (Fsp3) is 0.300. The quantitative estimate of drug-likeness (QED) is 0.520. The zero-order chi connectivity index (χ0) is 20.4. The Hall–Kier alpha value is -2.41. The molecule has 0 bridgehead atoms. The fourth-order valence-electron chi connectivity index (χ4n) is 2.91. The third-order valence-corrected chi connectivity index (χ3v) is 7.07. The second-order valence-corrected chi connectivity index (χ2v) is 9.66. The molecule has 1 amide bonds. The average molecular weight is 442 g/mol. The minimum Gasteiger partial charge on any atom is -0.313 e. The standard InChI is InChI=1S/C20H19N5OS3/c1-12-17(18(26)24-27-2)23-20(28-12)25(15-7-3-13(9-21)4-8-15)11-16-10-22-19(29-16)14-5-6-14/h3-4,7-8,10,14H,5-6,11H2,1-2H3,(H,24,26). The summed E-state index contributed by atoms with van der Waals surface area (Å²) in [5.41, 5.74) is 1.98. The molecule has 0 spiro atoms. The highest BCUT2D eigenvalue weighted by atomic mass is 32.2. The van der Waals surface area contributed by atoms with Crippen LogP contribution >= 0.6 is 34.6 Å². The van der Waals surface area contributed by atoms with Gasteiger partial charge < -0.3 is 4.90 Å². The van der Waals surface area contributed by atoms with E-state index in [4.69, 9.17) is 5.26 Å². The van der Waals surface area contributed by atoms with Crippen molar-refractivity contribution in [2.24, 2.45) is 0 Å². The zero-order valence-electron chi connectivity index (χ0n) is 16.0. The van der Waals surface area contributed by atoms with Crippen LogP contribution in [-0.2, 0) is 6.54 Å². The molecule has 6 nitrogen and oxygen atoms in total. The molecular formula is C20H19N5OS3. The number of aromatic nitrogens is 2. The van der Waals surface area contributed by atoms with Gasteiger partial charge in [-0.2, -0.15) is 5.26 Å². The Kier molecular flexibility index (Phi) is 5.85. The molecule has 1 saturated carbocycles. The van der Waals surface area contributed by atoms with Crippen LogP contribution in [0.4, 0.5) is 10.8 Å². The normalized spacial score (nSPS) is 13.1. The number of thiazole rings is 2. The van der Waals surface area contributed by atoms with Crippen molar-refractivity contribution in [3.05, 3.63) is 56.5 Å². The molecule has 4 rings (SSSR count). The van der Waals surface area contributed by atoms with Gasteiger partial charge in [0.1, 0.15) is 5.69 Å². The van der Waals surface area contributed by atoms with Crippen molar-refractivity contribution in [3.8, 4) is 6.07 Å². The number of amides is 1. The first-order chi connectivity index (χ1) is 14.1. The van der Waals surface area contributed by atoms with E-state index in [0.717, 1.165) is 20.6 Å². The van der Waals surface area contributed by atoms with E-state index in [1.807, 2.05) is 31.5 Å². The lowest BCUT2D eigenvalue weighted by Gasteiger charge is -2.21. The number of rotatable bonds is 7. The van der Waals surface area contributed by atoms with Gasteiger partial charge >= 0.3 is 0 Å². The van der Waals surface area contributed by atoms with Crippen molar-refractivity contribution in [3.63, 3.8) is 0 Å². The molecule has 0 atom stereocenters. The van der Waals surface area contributed by atoms with E-state index in [1.54, 1.807) is 23.5 Å². The number of anilines is 2. The van der Waals surface area contributed by atoms with Crippen LogP contribution in [0.15, 0.2) is 30.5 Å². The number of benzene rings is 1. The van der Waals surface area contributed by atoms with E-state index in [2.05, 4.69) is 25.7 Å². The molecule has 1 aromatic carbocycles. The first kappa shape index (κ1) is 19.9. The molecule has 148 valence electrons. The molecule has 1 aliphatic rings. The van der Waals surface area contributed by atoms with Crippen LogP contribution < -0.4 is 9.62 Å². The van der Waals surface area contributed by atoms with Gasteiger partial charge in [-0.15, -0.1) is 22.7 Å². The van der Waals surface area contributed by atoms with Gasteiger partial charge in [-0.05, 0) is 44.0 Å². The topological polar surface area (TPSA) is 81.9 Å². The molecule has 0 unspecified atom stereocenters. The number of nitriles is 1. The average Bonchev–Trinajstić information content (AvgIpc) is 3.35. The summed E-state index contributed by atoms with van der Waals surface area (Å²) in [7, 11) is 0. The highest BCUT2D eigenvalue weighted by Gasteiger charge is 2.27. The molecule has 0 aliphatic heterocycles. The van der Waals surface area contributed by atoms with Gasteiger partial charge in [0.15, 0.2) is 5.13 Å². The zero-order valence-corrected chi connectivity index (χ0v) is 18.5. The predicted molar refractivity (Wildman–Crippen MR) is 119 cm³/mol. The van der Waals surface area contributed by atoms with Gasteiger partial charge in [0, 0.05) is 33.8 Å². The third-order valence-electron chi connectivity index (χ3n) is 4.55. The maximum Gasteiger partial charge on any atom is 0.280 e. The van der Waals surface area contributed by atoms with Gasteiger partial charge in [-0.1, -0.05) is 11.9 Å². The summed E-state index contributed by atoms with van der Waals surface area (Å²) >= 11 is 4.49. The fourth-order valence-corrected chi connectivity index (χ4v) is 5.19. The van der Waals surface area contributed by atoms with Crippen molar-refractivity contribution in [1.82, 2.24) is 14.7 Å². The molecule has 1 fully saturated rings. The van der Waals surface area contributed by atoms with Gasteiger partial charge in [-0.3, -0.25) is 9.52 Å². The van der Waals surface area contributed by atoms with Crippen LogP contribution in [0, 0.1) is 18.3 Å². The van der Waals surface area contributed by atoms with Crippen molar-refractivity contribution in [2.75, 3.05) is 11.2 Å². The summed E-state index contributed by atoms with van der Waals surface area (Å²) in [5.74, 6) is 0.437. The highest BCUT2D eigenvalue weighted by molar-refractivity contribution is 7.97. The number of carbonyl (C=O) groups is 1. The summed E-state index contributed by atoms with van der Waals surface area (Å²) in [5, 5.41) is 11.1. The number of hydrogen-bond acceptors (Lipinski definition) is 8. The minimum absolute atomic E-state index is 0.189. The van der Waals surface area contributed by atoms with E-state index in [1.165, 1.54) is 41.1 Å². The molecule has 0 radical (unpaired) electrons. The van der Waals surface area contributed by atoms with Gasteiger partial charge in [0.25, 0.3) is 5.91 Å². The first-order valence-electron chi connectivity index (χ1n) is 9.12. The first-order valence-corrected chi connectivity index (χ1v) is 12.0. The third kappa shape index (κ3) is 4.45. The van der Waals surface area contributed by atoms with E-state index in [-0.39, 0.29) is 5.91 Å². The number of hydrogen-bond donors (Lipinski definition) is 1. The number of nitrogens with zero attached hydrogens (tertiary/aromatic N) is 4. The maximum absolute atomic E-state index is 12.3. The Morgan fingerprint density at radius 2 is 2.10 bits per heavy atom. The van der Waals surface area contributed by atoms with Crippen molar-refractivity contribution < 1.29 is 4.79 Å². The SMILES string of the molecule is CSNC(=O)c1nc(N(Cc2cnc(C3CC3)s2)c2ccc(C#N)cc2)sc1C. The molecule has 1 N–H and O–H groups in total. The van der Waals surface area contributed by atoms with Gasteiger partial charge in [0.05, 0.1) is 23.2 Å². The van der Waals surface area contributed by atoms with Crippen LogP contribution in [0.1, 0.15) is 49.6 Å². The summed E-state index contributed by atoms with van der Waals surface area (Å²) in [6.45, 7) is 2.53. The molecule has 9 heteroatoms. The summed E-state index contributed by atoms with van der Waals surface area (Å²) in [6, 6.07) is 9.58. The molecule has 2 heterocycles. The molecule has 2 aromatic heterocycles.